The van der Waals surface area contributed by atoms with Gasteiger partial charge in [-0.05, 0) is 23.6 Å². The van der Waals surface area contributed by atoms with Gasteiger partial charge in [-0.25, -0.2) is 0 Å². The minimum Gasteiger partial charge on any atom is -0.482 e. The van der Waals surface area contributed by atoms with Crippen molar-refractivity contribution in [2.75, 3.05) is 13.7 Å². The van der Waals surface area contributed by atoms with Crippen LogP contribution in [0, 0.1) is 0 Å². The predicted octanol–water partition coefficient (Wildman–Crippen LogP) is 2.59. The topological polar surface area (TPSA) is 38.3 Å². The summed E-state index contributed by atoms with van der Waals surface area (Å²) >= 11 is 6.04. The summed E-state index contributed by atoms with van der Waals surface area (Å²) in [5.74, 6) is 0.782. The standard InChI is InChI=1S/C12H16ClNO2/c1-8(2)9-4-5-11(10(13)6-9)16-7-12(15)14-3/h4-6,8H,7H2,1-3H3,(H,14,15). The van der Waals surface area contributed by atoms with Crippen LogP contribution < -0.4 is 10.1 Å². The third-order valence-corrected chi connectivity index (χ3v) is 2.56. The zero-order valence-corrected chi connectivity index (χ0v) is 10.5. The monoisotopic (exact) mass is 241 g/mol. The lowest BCUT2D eigenvalue weighted by Crippen LogP contribution is -2.24. The van der Waals surface area contributed by atoms with Crippen molar-refractivity contribution in [2.45, 2.75) is 19.8 Å². The molecule has 0 bridgehead atoms. The van der Waals surface area contributed by atoms with Gasteiger partial charge in [0.15, 0.2) is 6.61 Å². The lowest BCUT2D eigenvalue weighted by molar-refractivity contribution is -0.122. The largest absolute Gasteiger partial charge is 0.482 e. The first kappa shape index (κ1) is 12.8. The highest BCUT2D eigenvalue weighted by molar-refractivity contribution is 6.32. The molecule has 0 atom stereocenters. The summed E-state index contributed by atoms with van der Waals surface area (Å²) < 4.78 is 5.28. The maximum Gasteiger partial charge on any atom is 0.257 e. The second-order valence-electron chi connectivity index (χ2n) is 3.81. The predicted molar refractivity (Wildman–Crippen MR) is 65.1 cm³/mol. The molecule has 16 heavy (non-hydrogen) atoms. The van der Waals surface area contributed by atoms with Crippen LogP contribution in [0.5, 0.6) is 5.75 Å². The van der Waals surface area contributed by atoms with E-state index < -0.39 is 0 Å². The van der Waals surface area contributed by atoms with Crippen molar-refractivity contribution in [3.8, 4) is 5.75 Å². The summed E-state index contributed by atoms with van der Waals surface area (Å²) in [7, 11) is 1.56. The Kier molecular flexibility index (Phi) is 4.62. The molecule has 0 aliphatic heterocycles. The Bertz CT molecular complexity index is 377. The number of hydrogen-bond acceptors (Lipinski definition) is 2. The van der Waals surface area contributed by atoms with Gasteiger partial charge in [-0.3, -0.25) is 4.79 Å². The molecule has 0 saturated carbocycles. The molecule has 0 fully saturated rings. The van der Waals surface area contributed by atoms with E-state index in [1.165, 1.54) is 0 Å². The van der Waals surface area contributed by atoms with E-state index in [1.807, 2.05) is 12.1 Å². The SMILES string of the molecule is CNC(=O)COc1ccc(C(C)C)cc1Cl. The van der Waals surface area contributed by atoms with E-state index in [4.69, 9.17) is 16.3 Å². The van der Waals surface area contributed by atoms with E-state index in [9.17, 15) is 4.79 Å². The van der Waals surface area contributed by atoms with Crippen LogP contribution in [0.15, 0.2) is 18.2 Å². The maximum absolute atomic E-state index is 11.0. The van der Waals surface area contributed by atoms with Crippen molar-refractivity contribution in [1.82, 2.24) is 5.32 Å². The molecule has 1 aromatic rings. The lowest BCUT2D eigenvalue weighted by Gasteiger charge is -2.10. The molecule has 1 N–H and O–H groups in total. The Morgan fingerprint density at radius 3 is 2.69 bits per heavy atom. The third-order valence-electron chi connectivity index (χ3n) is 2.26. The summed E-state index contributed by atoms with van der Waals surface area (Å²) in [5.41, 5.74) is 1.15. The van der Waals surface area contributed by atoms with Crippen LogP contribution >= 0.6 is 11.6 Å². The highest BCUT2D eigenvalue weighted by atomic mass is 35.5. The molecule has 4 heteroatoms. The molecule has 0 heterocycles. The molecule has 1 amide bonds. The Morgan fingerprint density at radius 1 is 1.50 bits per heavy atom. The average molecular weight is 242 g/mol. The van der Waals surface area contributed by atoms with Crippen molar-refractivity contribution < 1.29 is 9.53 Å². The molecular weight excluding hydrogens is 226 g/mol. The second-order valence-corrected chi connectivity index (χ2v) is 4.21. The van der Waals surface area contributed by atoms with Crippen LogP contribution in [-0.2, 0) is 4.79 Å². The molecule has 88 valence electrons. The normalized spacial score (nSPS) is 10.3. The van der Waals surface area contributed by atoms with Gasteiger partial charge in [-0.15, -0.1) is 0 Å². The zero-order valence-electron chi connectivity index (χ0n) is 9.71. The number of rotatable bonds is 4. The van der Waals surface area contributed by atoms with Crippen LogP contribution in [0.4, 0.5) is 0 Å². The van der Waals surface area contributed by atoms with Gasteiger partial charge in [-0.2, -0.15) is 0 Å². The highest BCUT2D eigenvalue weighted by Crippen LogP contribution is 2.28. The molecule has 3 nitrogen and oxygen atoms in total. The van der Waals surface area contributed by atoms with Gasteiger partial charge in [-0.1, -0.05) is 31.5 Å². The first-order valence-corrected chi connectivity index (χ1v) is 5.55. The number of carbonyl (C=O) groups is 1. The Morgan fingerprint density at radius 2 is 2.19 bits per heavy atom. The molecule has 0 aromatic heterocycles. The van der Waals surface area contributed by atoms with E-state index in [0.717, 1.165) is 5.56 Å². The fraction of sp³-hybridized carbons (Fsp3) is 0.417. The first-order chi connectivity index (χ1) is 7.54. The summed E-state index contributed by atoms with van der Waals surface area (Å²) in [5, 5.41) is 3.01. The van der Waals surface area contributed by atoms with Crippen LogP contribution in [0.3, 0.4) is 0 Å². The molecule has 0 aliphatic carbocycles. The van der Waals surface area contributed by atoms with Gasteiger partial charge in [0.25, 0.3) is 5.91 Å². The van der Waals surface area contributed by atoms with Crippen molar-refractivity contribution in [1.29, 1.82) is 0 Å². The molecule has 1 aromatic carbocycles. The van der Waals surface area contributed by atoms with Crippen LogP contribution in [0.1, 0.15) is 25.3 Å². The van der Waals surface area contributed by atoms with Gasteiger partial charge in [0.05, 0.1) is 5.02 Å². The number of benzene rings is 1. The van der Waals surface area contributed by atoms with E-state index in [1.54, 1.807) is 13.1 Å². The van der Waals surface area contributed by atoms with Crippen LogP contribution in [0.2, 0.25) is 5.02 Å². The number of carbonyl (C=O) groups excluding carboxylic acids is 1. The molecule has 0 unspecified atom stereocenters. The van der Waals surface area contributed by atoms with Gasteiger partial charge in [0.1, 0.15) is 5.75 Å². The second kappa shape index (κ2) is 5.75. The molecule has 1 rings (SSSR count). The Labute approximate surface area is 101 Å². The maximum atomic E-state index is 11.0. The molecular formula is C12H16ClNO2. The smallest absolute Gasteiger partial charge is 0.257 e. The highest BCUT2D eigenvalue weighted by Gasteiger charge is 2.07. The van der Waals surface area contributed by atoms with Gasteiger partial charge < -0.3 is 10.1 Å². The van der Waals surface area contributed by atoms with Gasteiger partial charge in [0.2, 0.25) is 0 Å². The van der Waals surface area contributed by atoms with Crippen LogP contribution in [0.25, 0.3) is 0 Å². The molecule has 0 spiro atoms. The average Bonchev–Trinajstić information content (AvgIpc) is 2.26. The number of ether oxygens (including phenoxy) is 1. The van der Waals surface area contributed by atoms with E-state index in [2.05, 4.69) is 19.2 Å². The van der Waals surface area contributed by atoms with Crippen molar-refractivity contribution in [3.05, 3.63) is 28.8 Å². The van der Waals surface area contributed by atoms with E-state index in [-0.39, 0.29) is 12.5 Å². The third kappa shape index (κ3) is 3.42. The number of hydrogen-bond donors (Lipinski definition) is 1. The van der Waals surface area contributed by atoms with Crippen molar-refractivity contribution in [2.24, 2.45) is 0 Å². The zero-order chi connectivity index (χ0) is 12.1. The van der Waals surface area contributed by atoms with Crippen LogP contribution in [-0.4, -0.2) is 19.6 Å². The number of likely N-dealkylation sites (N-methyl/N-ethyl adjacent to an activating group) is 1. The quantitative estimate of drug-likeness (QED) is 0.880. The summed E-state index contributed by atoms with van der Waals surface area (Å²) in [6.07, 6.45) is 0. The first-order valence-electron chi connectivity index (χ1n) is 5.17. The molecule has 0 radical (unpaired) electrons. The van der Waals surface area contributed by atoms with E-state index in [0.29, 0.717) is 16.7 Å². The number of amides is 1. The number of nitrogens with one attached hydrogen (secondary N) is 1. The fourth-order valence-corrected chi connectivity index (χ4v) is 1.45. The molecule has 0 saturated heterocycles. The summed E-state index contributed by atoms with van der Waals surface area (Å²) in [4.78, 5) is 11.0. The minimum atomic E-state index is -0.177. The summed E-state index contributed by atoms with van der Waals surface area (Å²) in [6.45, 7) is 4.17. The van der Waals surface area contributed by atoms with Crippen molar-refractivity contribution in [3.63, 3.8) is 0 Å². The van der Waals surface area contributed by atoms with Crippen molar-refractivity contribution >= 4 is 17.5 Å². The fourth-order valence-electron chi connectivity index (χ4n) is 1.21. The minimum absolute atomic E-state index is 0.0166. The number of halogens is 1. The molecule has 0 aliphatic rings. The summed E-state index contributed by atoms with van der Waals surface area (Å²) in [6, 6.07) is 5.61. The Balaban J connectivity index is 2.72. The lowest BCUT2D eigenvalue weighted by atomic mass is 10.0. The Hall–Kier alpha value is -1.22. The van der Waals surface area contributed by atoms with Gasteiger partial charge >= 0.3 is 0 Å². The van der Waals surface area contributed by atoms with Gasteiger partial charge in [0, 0.05) is 7.05 Å². The van der Waals surface area contributed by atoms with E-state index >= 15 is 0 Å².